The van der Waals surface area contributed by atoms with Gasteiger partial charge in [-0.3, -0.25) is 14.4 Å². The molecule has 0 radical (unpaired) electrons. The van der Waals surface area contributed by atoms with Crippen LogP contribution in [0.25, 0.3) is 0 Å². The van der Waals surface area contributed by atoms with Crippen LogP contribution in [0.3, 0.4) is 0 Å². The lowest BCUT2D eigenvalue weighted by atomic mass is 9.98. The van der Waals surface area contributed by atoms with E-state index in [-0.39, 0.29) is 28.6 Å². The maximum absolute atomic E-state index is 12.2. The quantitative estimate of drug-likeness (QED) is 0.796. The monoisotopic (exact) mass is 248 g/mol. The van der Waals surface area contributed by atoms with Gasteiger partial charge in [-0.15, -0.1) is 0 Å². The fourth-order valence-corrected chi connectivity index (χ4v) is 2.11. The molecule has 1 fully saturated rings. The number of likely N-dealkylation sites (tertiary alicyclic amines) is 1. The zero-order valence-corrected chi connectivity index (χ0v) is 10.5. The van der Waals surface area contributed by atoms with Crippen molar-refractivity contribution in [2.24, 2.45) is 5.92 Å². The Labute approximate surface area is 105 Å². The molecule has 1 amide bonds. The molecule has 1 aliphatic rings. The van der Waals surface area contributed by atoms with Crippen molar-refractivity contribution in [3.05, 3.63) is 33.7 Å². The maximum Gasteiger partial charge on any atom is 0.259 e. The third-order valence-electron chi connectivity index (χ3n) is 3.25. The van der Waals surface area contributed by atoms with E-state index in [0.717, 1.165) is 5.69 Å². The Morgan fingerprint density at radius 3 is 2.78 bits per heavy atom. The number of hydrogen-bond acceptors (Lipinski definition) is 3. The SMILES string of the molecule is Cc1cc(=O)c(C(=O)N2CCC(=O)C(C)C2)c[nH]1. The molecular formula is C13H16N2O3. The molecule has 1 N–H and O–H groups in total. The Balaban J connectivity index is 2.21. The highest BCUT2D eigenvalue weighted by molar-refractivity contribution is 5.95. The molecule has 1 aromatic rings. The number of carbonyl (C=O) groups excluding carboxylic acids is 2. The minimum absolute atomic E-state index is 0.141. The second-order valence-electron chi connectivity index (χ2n) is 4.76. The molecule has 2 rings (SSSR count). The van der Waals surface area contributed by atoms with Crippen molar-refractivity contribution in [1.29, 1.82) is 0 Å². The Kier molecular flexibility index (Phi) is 3.32. The number of amides is 1. The number of aryl methyl sites for hydroxylation is 1. The molecule has 96 valence electrons. The molecule has 0 aromatic carbocycles. The Hall–Kier alpha value is -1.91. The van der Waals surface area contributed by atoms with E-state index in [0.29, 0.717) is 19.5 Å². The number of aromatic amines is 1. The van der Waals surface area contributed by atoms with E-state index in [1.807, 2.05) is 0 Å². The smallest absolute Gasteiger partial charge is 0.259 e. The predicted molar refractivity (Wildman–Crippen MR) is 66.5 cm³/mol. The van der Waals surface area contributed by atoms with Crippen molar-refractivity contribution in [3.63, 3.8) is 0 Å². The lowest BCUT2D eigenvalue weighted by molar-refractivity contribution is -0.124. The minimum Gasteiger partial charge on any atom is -0.364 e. The summed E-state index contributed by atoms with van der Waals surface area (Å²) < 4.78 is 0. The molecule has 0 spiro atoms. The van der Waals surface area contributed by atoms with Crippen molar-refractivity contribution >= 4 is 11.7 Å². The molecule has 1 atom stereocenters. The number of aromatic nitrogens is 1. The first kappa shape index (κ1) is 12.5. The molecule has 0 saturated carbocycles. The zero-order chi connectivity index (χ0) is 13.3. The van der Waals surface area contributed by atoms with Crippen LogP contribution in [-0.2, 0) is 4.79 Å². The molecule has 1 aliphatic heterocycles. The van der Waals surface area contributed by atoms with E-state index in [2.05, 4.69) is 4.98 Å². The lowest BCUT2D eigenvalue weighted by Gasteiger charge is -2.29. The number of H-pyrrole nitrogens is 1. The maximum atomic E-state index is 12.2. The van der Waals surface area contributed by atoms with E-state index >= 15 is 0 Å². The summed E-state index contributed by atoms with van der Waals surface area (Å²) in [6, 6.07) is 1.41. The number of piperidine rings is 1. The molecule has 18 heavy (non-hydrogen) atoms. The summed E-state index contributed by atoms with van der Waals surface area (Å²) in [5.41, 5.74) is 0.585. The van der Waals surface area contributed by atoms with Gasteiger partial charge in [0.2, 0.25) is 0 Å². The number of hydrogen-bond donors (Lipinski definition) is 1. The number of pyridine rings is 1. The summed E-state index contributed by atoms with van der Waals surface area (Å²) in [5.74, 6) is -0.264. The van der Waals surface area contributed by atoms with Gasteiger partial charge in [0, 0.05) is 43.4 Å². The van der Waals surface area contributed by atoms with Crippen LogP contribution in [0, 0.1) is 12.8 Å². The first-order valence-corrected chi connectivity index (χ1v) is 6.00. The predicted octanol–water partition coefficient (Wildman–Crippen LogP) is 0.734. The number of nitrogens with one attached hydrogen (secondary N) is 1. The second-order valence-corrected chi connectivity index (χ2v) is 4.76. The topological polar surface area (TPSA) is 70.2 Å². The van der Waals surface area contributed by atoms with Crippen LogP contribution >= 0.6 is 0 Å². The van der Waals surface area contributed by atoms with Crippen LogP contribution in [0.15, 0.2) is 17.1 Å². The van der Waals surface area contributed by atoms with Crippen LogP contribution in [-0.4, -0.2) is 34.7 Å². The molecule has 0 aliphatic carbocycles. The molecule has 2 heterocycles. The number of carbonyl (C=O) groups is 2. The van der Waals surface area contributed by atoms with Gasteiger partial charge in [-0.05, 0) is 6.92 Å². The Morgan fingerprint density at radius 1 is 1.44 bits per heavy atom. The first-order chi connectivity index (χ1) is 8.49. The summed E-state index contributed by atoms with van der Waals surface area (Å²) >= 11 is 0. The summed E-state index contributed by atoms with van der Waals surface area (Å²) in [5, 5.41) is 0. The Morgan fingerprint density at radius 2 is 2.17 bits per heavy atom. The molecule has 0 bridgehead atoms. The third kappa shape index (κ3) is 2.34. The molecule has 1 aromatic heterocycles. The van der Waals surface area contributed by atoms with Crippen molar-refractivity contribution in [1.82, 2.24) is 9.88 Å². The van der Waals surface area contributed by atoms with Crippen LogP contribution in [0.4, 0.5) is 0 Å². The van der Waals surface area contributed by atoms with Gasteiger partial charge in [0.1, 0.15) is 11.3 Å². The van der Waals surface area contributed by atoms with Crippen molar-refractivity contribution in [3.8, 4) is 0 Å². The van der Waals surface area contributed by atoms with E-state index in [1.54, 1.807) is 18.7 Å². The van der Waals surface area contributed by atoms with Crippen LogP contribution in [0.5, 0.6) is 0 Å². The molecule has 5 nitrogen and oxygen atoms in total. The molecular weight excluding hydrogens is 232 g/mol. The summed E-state index contributed by atoms with van der Waals surface area (Å²) in [4.78, 5) is 39.8. The zero-order valence-electron chi connectivity index (χ0n) is 10.5. The summed E-state index contributed by atoms with van der Waals surface area (Å²) in [6.45, 7) is 4.36. The number of nitrogens with zero attached hydrogens (tertiary/aromatic N) is 1. The highest BCUT2D eigenvalue weighted by Gasteiger charge is 2.28. The summed E-state index contributed by atoms with van der Waals surface area (Å²) in [6.07, 6.45) is 1.82. The van der Waals surface area contributed by atoms with Crippen LogP contribution in [0.1, 0.15) is 29.4 Å². The average molecular weight is 248 g/mol. The number of rotatable bonds is 1. The van der Waals surface area contributed by atoms with Crippen LogP contribution < -0.4 is 5.43 Å². The van der Waals surface area contributed by atoms with E-state index < -0.39 is 0 Å². The number of Topliss-reactive ketones (excluding diaryl/α,β-unsaturated/α-hetero) is 1. The Bertz CT molecular complexity index is 547. The van der Waals surface area contributed by atoms with Crippen molar-refractivity contribution in [2.45, 2.75) is 20.3 Å². The fraction of sp³-hybridized carbons (Fsp3) is 0.462. The molecule has 5 heteroatoms. The van der Waals surface area contributed by atoms with Gasteiger partial charge in [-0.25, -0.2) is 0 Å². The van der Waals surface area contributed by atoms with Gasteiger partial charge in [-0.1, -0.05) is 6.92 Å². The van der Waals surface area contributed by atoms with E-state index in [1.165, 1.54) is 12.3 Å². The highest BCUT2D eigenvalue weighted by Crippen LogP contribution is 2.14. The van der Waals surface area contributed by atoms with E-state index in [4.69, 9.17) is 0 Å². The van der Waals surface area contributed by atoms with Gasteiger partial charge >= 0.3 is 0 Å². The third-order valence-corrected chi connectivity index (χ3v) is 3.25. The molecule has 1 saturated heterocycles. The van der Waals surface area contributed by atoms with Gasteiger partial charge in [0.05, 0.1) is 0 Å². The van der Waals surface area contributed by atoms with Gasteiger partial charge < -0.3 is 9.88 Å². The largest absolute Gasteiger partial charge is 0.364 e. The van der Waals surface area contributed by atoms with Crippen LogP contribution in [0.2, 0.25) is 0 Å². The highest BCUT2D eigenvalue weighted by atomic mass is 16.2. The normalized spacial score (nSPS) is 20.0. The minimum atomic E-state index is -0.296. The van der Waals surface area contributed by atoms with Gasteiger partial charge in [0.25, 0.3) is 5.91 Å². The van der Waals surface area contributed by atoms with Crippen molar-refractivity contribution in [2.75, 3.05) is 13.1 Å². The first-order valence-electron chi connectivity index (χ1n) is 6.00. The summed E-state index contributed by atoms with van der Waals surface area (Å²) in [7, 11) is 0. The van der Waals surface area contributed by atoms with Gasteiger partial charge in [0.15, 0.2) is 5.43 Å². The fourth-order valence-electron chi connectivity index (χ4n) is 2.11. The molecule has 1 unspecified atom stereocenters. The van der Waals surface area contributed by atoms with E-state index in [9.17, 15) is 14.4 Å². The number of ketones is 1. The second kappa shape index (κ2) is 4.76. The average Bonchev–Trinajstić information content (AvgIpc) is 2.32. The van der Waals surface area contributed by atoms with Gasteiger partial charge in [-0.2, -0.15) is 0 Å². The van der Waals surface area contributed by atoms with Crippen molar-refractivity contribution < 1.29 is 9.59 Å². The lowest BCUT2D eigenvalue weighted by Crippen LogP contribution is -2.44. The standard InChI is InChI=1S/C13H16N2O3/c1-8-7-15(4-3-11(8)16)13(18)10-6-14-9(2)5-12(10)17/h5-6,8H,3-4,7H2,1-2H3,(H,14,17).